The van der Waals surface area contributed by atoms with Crippen molar-refractivity contribution in [2.24, 2.45) is 0 Å². The standard InChI is InChI=1S/C18H21FN2O4S/c1-9-5-4-6-10(2)15(9)25-16-11(3)7-21(18(26)20-16)17-13(19)14(23)12(8-22)24-17/h4-7,12-14,17,22-23H,8H2,1-3H3/t12-,13+,14?,17-/m0/s1. The van der Waals surface area contributed by atoms with Crippen molar-refractivity contribution in [3.05, 3.63) is 45.9 Å². The van der Waals surface area contributed by atoms with Gasteiger partial charge in [-0.15, -0.1) is 0 Å². The molecule has 0 amide bonds. The second kappa shape index (κ2) is 7.40. The summed E-state index contributed by atoms with van der Waals surface area (Å²) in [5, 5.41) is 19.0. The Morgan fingerprint density at radius 2 is 1.92 bits per heavy atom. The molecule has 6 nitrogen and oxygen atoms in total. The Labute approximate surface area is 155 Å². The summed E-state index contributed by atoms with van der Waals surface area (Å²) < 4.78 is 27.1. The summed E-state index contributed by atoms with van der Waals surface area (Å²) in [7, 11) is 0. The SMILES string of the molecule is Cc1cn([C@H]2O[C@@H](CO)C(O)[C@H]2F)c(=S)nc1Oc1c(C)cccc1C. The number of halogens is 1. The van der Waals surface area contributed by atoms with Crippen LogP contribution in [0.1, 0.15) is 22.9 Å². The van der Waals surface area contributed by atoms with Crippen LogP contribution in [0.4, 0.5) is 4.39 Å². The largest absolute Gasteiger partial charge is 0.438 e. The Kier molecular flexibility index (Phi) is 5.38. The number of alkyl halides is 1. The number of hydrogen-bond acceptors (Lipinski definition) is 6. The van der Waals surface area contributed by atoms with Gasteiger partial charge in [0.15, 0.2) is 12.4 Å². The first kappa shape index (κ1) is 18.9. The Morgan fingerprint density at radius 1 is 1.27 bits per heavy atom. The normalized spacial score (nSPS) is 25.5. The first-order valence-corrected chi connectivity index (χ1v) is 8.66. The molecule has 2 aromatic rings. The Balaban J connectivity index is 1.94. The summed E-state index contributed by atoms with van der Waals surface area (Å²) in [4.78, 5) is 4.27. The zero-order valence-electron chi connectivity index (χ0n) is 14.7. The van der Waals surface area contributed by atoms with Crippen molar-refractivity contribution in [2.45, 2.75) is 45.4 Å². The van der Waals surface area contributed by atoms with Gasteiger partial charge in [-0.1, -0.05) is 18.2 Å². The molecule has 2 heterocycles. The number of aliphatic hydroxyl groups is 2. The molecule has 1 fully saturated rings. The van der Waals surface area contributed by atoms with Gasteiger partial charge >= 0.3 is 0 Å². The molecule has 1 aromatic heterocycles. The van der Waals surface area contributed by atoms with Crippen LogP contribution in [0, 0.1) is 25.5 Å². The molecule has 3 rings (SSSR count). The van der Waals surface area contributed by atoms with Crippen molar-refractivity contribution in [3.63, 3.8) is 0 Å². The van der Waals surface area contributed by atoms with Gasteiger partial charge < -0.3 is 19.7 Å². The van der Waals surface area contributed by atoms with Crippen LogP contribution in [-0.2, 0) is 4.74 Å². The van der Waals surface area contributed by atoms with E-state index in [0.717, 1.165) is 11.1 Å². The fraction of sp³-hybridized carbons (Fsp3) is 0.444. The lowest BCUT2D eigenvalue weighted by atomic mass is 10.1. The van der Waals surface area contributed by atoms with Gasteiger partial charge in [-0.05, 0) is 44.1 Å². The lowest BCUT2D eigenvalue weighted by molar-refractivity contribution is -0.0485. The molecule has 0 aliphatic carbocycles. The summed E-state index contributed by atoms with van der Waals surface area (Å²) >= 11 is 5.27. The van der Waals surface area contributed by atoms with Crippen LogP contribution in [0.5, 0.6) is 11.6 Å². The molecule has 140 valence electrons. The van der Waals surface area contributed by atoms with Crippen LogP contribution in [0.3, 0.4) is 0 Å². The minimum atomic E-state index is -1.72. The maximum atomic E-state index is 14.4. The smallest absolute Gasteiger partial charge is 0.226 e. The Morgan fingerprint density at radius 3 is 2.50 bits per heavy atom. The summed E-state index contributed by atoms with van der Waals surface area (Å²) in [5.41, 5.74) is 2.57. The van der Waals surface area contributed by atoms with Gasteiger partial charge in [0, 0.05) is 11.8 Å². The zero-order chi connectivity index (χ0) is 19.0. The molecule has 0 radical (unpaired) electrons. The first-order chi connectivity index (χ1) is 12.3. The van der Waals surface area contributed by atoms with Crippen molar-refractivity contribution < 1.29 is 24.1 Å². The van der Waals surface area contributed by atoms with E-state index in [1.54, 1.807) is 13.1 Å². The molecule has 0 saturated carbocycles. The van der Waals surface area contributed by atoms with E-state index in [-0.39, 0.29) is 4.77 Å². The lowest BCUT2D eigenvalue weighted by Crippen LogP contribution is -2.30. The number of nitrogens with zero attached hydrogens (tertiary/aromatic N) is 2. The number of aliphatic hydroxyl groups excluding tert-OH is 2. The number of para-hydroxylation sites is 1. The van der Waals surface area contributed by atoms with E-state index in [1.807, 2.05) is 32.0 Å². The van der Waals surface area contributed by atoms with Gasteiger partial charge in [0.2, 0.25) is 10.7 Å². The molecule has 2 N–H and O–H groups in total. The summed E-state index contributed by atoms with van der Waals surface area (Å²) in [5.74, 6) is 1.03. The predicted molar refractivity (Wildman–Crippen MR) is 95.7 cm³/mol. The van der Waals surface area contributed by atoms with Gasteiger partial charge in [0.25, 0.3) is 0 Å². The molecule has 0 bridgehead atoms. The third-order valence-electron chi connectivity index (χ3n) is 4.44. The molecule has 1 aliphatic rings. The molecule has 1 saturated heterocycles. The minimum Gasteiger partial charge on any atom is -0.438 e. The van der Waals surface area contributed by atoms with Crippen LogP contribution in [0.15, 0.2) is 24.4 Å². The monoisotopic (exact) mass is 380 g/mol. The third kappa shape index (κ3) is 3.37. The second-order valence-electron chi connectivity index (χ2n) is 6.42. The van der Waals surface area contributed by atoms with E-state index in [1.165, 1.54) is 4.57 Å². The van der Waals surface area contributed by atoms with E-state index in [9.17, 15) is 14.6 Å². The minimum absolute atomic E-state index is 0.0651. The Hall–Kier alpha value is -1.87. The average Bonchev–Trinajstić information content (AvgIpc) is 2.89. The quantitative estimate of drug-likeness (QED) is 0.795. The number of aromatic nitrogens is 2. The maximum absolute atomic E-state index is 14.4. The molecule has 4 atom stereocenters. The van der Waals surface area contributed by atoms with Crippen molar-refractivity contribution >= 4 is 12.2 Å². The summed E-state index contributed by atoms with van der Waals surface area (Å²) in [6, 6.07) is 5.81. The topological polar surface area (TPSA) is 76.7 Å². The summed E-state index contributed by atoms with van der Waals surface area (Å²) in [6.45, 7) is 5.16. The highest BCUT2D eigenvalue weighted by atomic mass is 32.1. The van der Waals surface area contributed by atoms with Gasteiger partial charge in [-0.3, -0.25) is 4.57 Å². The number of hydrogen-bond donors (Lipinski definition) is 2. The van der Waals surface area contributed by atoms with Crippen LogP contribution in [0.25, 0.3) is 0 Å². The van der Waals surface area contributed by atoms with Gasteiger partial charge in [0.1, 0.15) is 18.0 Å². The van der Waals surface area contributed by atoms with E-state index >= 15 is 0 Å². The second-order valence-corrected chi connectivity index (χ2v) is 6.79. The van der Waals surface area contributed by atoms with Gasteiger partial charge in [-0.25, -0.2) is 4.39 Å². The fourth-order valence-corrected chi connectivity index (χ4v) is 3.21. The van der Waals surface area contributed by atoms with Gasteiger partial charge in [0.05, 0.1) is 6.61 Å². The number of aryl methyl sites for hydroxylation is 3. The predicted octanol–water partition coefficient (Wildman–Crippen LogP) is 2.92. The zero-order valence-corrected chi connectivity index (χ0v) is 15.5. The molecular weight excluding hydrogens is 359 g/mol. The highest BCUT2D eigenvalue weighted by Crippen LogP contribution is 2.34. The van der Waals surface area contributed by atoms with Crippen LogP contribution < -0.4 is 4.74 Å². The lowest BCUT2D eigenvalue weighted by Gasteiger charge is -2.19. The molecule has 0 spiro atoms. The van der Waals surface area contributed by atoms with Crippen molar-refractivity contribution in [1.29, 1.82) is 0 Å². The highest BCUT2D eigenvalue weighted by molar-refractivity contribution is 7.71. The number of benzene rings is 1. The number of rotatable bonds is 4. The van der Waals surface area contributed by atoms with E-state index in [2.05, 4.69) is 4.98 Å². The maximum Gasteiger partial charge on any atom is 0.226 e. The first-order valence-electron chi connectivity index (χ1n) is 8.25. The molecule has 26 heavy (non-hydrogen) atoms. The van der Waals surface area contributed by atoms with E-state index in [4.69, 9.17) is 21.7 Å². The van der Waals surface area contributed by atoms with Gasteiger partial charge in [-0.2, -0.15) is 4.98 Å². The fourth-order valence-electron chi connectivity index (χ4n) is 2.97. The summed E-state index contributed by atoms with van der Waals surface area (Å²) in [6.07, 6.45) is -3.69. The Bertz CT molecular complexity index is 853. The van der Waals surface area contributed by atoms with Crippen LogP contribution in [-0.4, -0.2) is 44.8 Å². The van der Waals surface area contributed by atoms with E-state index < -0.39 is 31.2 Å². The van der Waals surface area contributed by atoms with Crippen molar-refractivity contribution in [1.82, 2.24) is 9.55 Å². The van der Waals surface area contributed by atoms with Crippen molar-refractivity contribution in [2.75, 3.05) is 6.61 Å². The molecule has 8 heteroatoms. The molecule has 1 unspecified atom stereocenters. The highest BCUT2D eigenvalue weighted by Gasteiger charge is 2.45. The van der Waals surface area contributed by atoms with Crippen molar-refractivity contribution in [3.8, 4) is 11.6 Å². The molecular formula is C18H21FN2O4S. The molecule has 1 aliphatic heterocycles. The van der Waals surface area contributed by atoms with E-state index in [0.29, 0.717) is 17.2 Å². The average molecular weight is 380 g/mol. The van der Waals surface area contributed by atoms with Crippen LogP contribution in [0.2, 0.25) is 0 Å². The third-order valence-corrected chi connectivity index (χ3v) is 4.75. The van der Waals surface area contributed by atoms with Crippen LogP contribution >= 0.6 is 12.2 Å². The number of ether oxygens (including phenoxy) is 2. The molecule has 1 aromatic carbocycles.